The van der Waals surface area contributed by atoms with Gasteiger partial charge in [0.1, 0.15) is 0 Å². The summed E-state index contributed by atoms with van der Waals surface area (Å²) in [6, 6.07) is 8.50. The molecule has 0 aliphatic carbocycles. The second kappa shape index (κ2) is 9.39. The number of carboxylic acids is 1. The zero-order chi connectivity index (χ0) is 20.9. The third kappa shape index (κ3) is 6.03. The molecule has 0 aromatic heterocycles. The van der Waals surface area contributed by atoms with Crippen LogP contribution in [0.1, 0.15) is 49.7 Å². The molecular formula is C22H31N3O4. The minimum absolute atomic E-state index is 0.00606. The van der Waals surface area contributed by atoms with E-state index >= 15 is 0 Å². The number of benzene rings is 1. The molecule has 158 valence electrons. The Morgan fingerprint density at radius 2 is 1.86 bits per heavy atom. The molecule has 7 heteroatoms. The van der Waals surface area contributed by atoms with Crippen LogP contribution in [0.15, 0.2) is 24.3 Å². The number of amides is 2. The summed E-state index contributed by atoms with van der Waals surface area (Å²) in [5.74, 6) is -0.828. The fourth-order valence-electron chi connectivity index (χ4n) is 4.35. The van der Waals surface area contributed by atoms with E-state index in [4.69, 9.17) is 5.11 Å². The molecule has 2 amide bonds. The number of piperazine rings is 1. The number of hydrogen-bond donors (Lipinski definition) is 2. The van der Waals surface area contributed by atoms with Crippen LogP contribution in [0.3, 0.4) is 0 Å². The summed E-state index contributed by atoms with van der Waals surface area (Å²) < 4.78 is 0. The van der Waals surface area contributed by atoms with Crippen LogP contribution in [-0.2, 0) is 20.9 Å². The molecule has 2 aliphatic rings. The lowest BCUT2D eigenvalue weighted by Gasteiger charge is -2.36. The van der Waals surface area contributed by atoms with Crippen molar-refractivity contribution in [3.8, 4) is 0 Å². The molecule has 1 aromatic rings. The average Bonchev–Trinajstić information content (AvgIpc) is 3.06. The number of nitrogens with zero attached hydrogens (tertiary/aromatic N) is 2. The van der Waals surface area contributed by atoms with Crippen LogP contribution >= 0.6 is 0 Å². The summed E-state index contributed by atoms with van der Waals surface area (Å²) in [4.78, 5) is 39.6. The SMILES string of the molecule is Cc1cccc(CN2CCN(C(=O)CC[C@@]3(CCC(=O)O)CCC(=O)N3)CC2)c1. The van der Waals surface area contributed by atoms with Crippen LogP contribution in [-0.4, -0.2) is 64.4 Å². The molecule has 0 saturated carbocycles. The quantitative estimate of drug-likeness (QED) is 0.695. The maximum atomic E-state index is 12.7. The van der Waals surface area contributed by atoms with E-state index in [1.54, 1.807) is 0 Å². The van der Waals surface area contributed by atoms with Gasteiger partial charge in [0.2, 0.25) is 11.8 Å². The van der Waals surface area contributed by atoms with E-state index in [9.17, 15) is 14.4 Å². The smallest absolute Gasteiger partial charge is 0.303 e. The summed E-state index contributed by atoms with van der Waals surface area (Å²) in [6.45, 7) is 6.10. The predicted octanol–water partition coefficient (Wildman–Crippen LogP) is 1.93. The van der Waals surface area contributed by atoms with Crippen molar-refractivity contribution < 1.29 is 19.5 Å². The zero-order valence-electron chi connectivity index (χ0n) is 17.2. The van der Waals surface area contributed by atoms with Gasteiger partial charge in [-0.2, -0.15) is 0 Å². The Morgan fingerprint density at radius 1 is 1.14 bits per heavy atom. The van der Waals surface area contributed by atoms with Crippen molar-refractivity contribution >= 4 is 17.8 Å². The summed E-state index contributed by atoms with van der Waals surface area (Å²) in [7, 11) is 0. The van der Waals surface area contributed by atoms with Crippen molar-refractivity contribution in [2.24, 2.45) is 0 Å². The van der Waals surface area contributed by atoms with Gasteiger partial charge in [0, 0.05) is 57.5 Å². The first-order valence-electron chi connectivity index (χ1n) is 10.4. The topological polar surface area (TPSA) is 90.0 Å². The molecule has 3 rings (SSSR count). The van der Waals surface area contributed by atoms with Gasteiger partial charge in [-0.15, -0.1) is 0 Å². The average molecular weight is 402 g/mol. The van der Waals surface area contributed by atoms with Crippen molar-refractivity contribution in [3.63, 3.8) is 0 Å². The molecule has 1 aromatic carbocycles. The van der Waals surface area contributed by atoms with E-state index in [0.29, 0.717) is 45.2 Å². The monoisotopic (exact) mass is 401 g/mol. The lowest BCUT2D eigenvalue weighted by atomic mass is 9.86. The Hall–Kier alpha value is -2.41. The molecule has 1 atom stereocenters. The number of rotatable bonds is 8. The Labute approximate surface area is 172 Å². The molecule has 7 nitrogen and oxygen atoms in total. The highest BCUT2D eigenvalue weighted by atomic mass is 16.4. The van der Waals surface area contributed by atoms with E-state index in [-0.39, 0.29) is 18.2 Å². The van der Waals surface area contributed by atoms with Crippen LogP contribution in [0.5, 0.6) is 0 Å². The second-order valence-corrected chi connectivity index (χ2v) is 8.37. The van der Waals surface area contributed by atoms with Gasteiger partial charge in [-0.25, -0.2) is 0 Å². The normalized spacial score (nSPS) is 22.5. The maximum Gasteiger partial charge on any atom is 0.303 e. The number of nitrogens with one attached hydrogen (secondary N) is 1. The van der Waals surface area contributed by atoms with Crippen LogP contribution in [0.4, 0.5) is 0 Å². The highest BCUT2D eigenvalue weighted by molar-refractivity contribution is 5.80. The molecule has 29 heavy (non-hydrogen) atoms. The molecule has 0 radical (unpaired) electrons. The summed E-state index contributed by atoms with van der Waals surface area (Å²) in [6.07, 6.45) is 2.26. The standard InChI is InChI=1S/C22H31N3O4/c1-17-3-2-4-18(15-17)16-24-11-13-25(14-12-24)20(27)6-9-22(10-7-21(28)29)8-5-19(26)23-22/h2-4,15H,5-14,16H2,1H3,(H,23,26)(H,28,29)/t22-/m1/s1. The number of aryl methyl sites for hydroxylation is 1. The Bertz CT molecular complexity index is 758. The molecule has 2 aliphatic heterocycles. The number of hydrogen-bond acceptors (Lipinski definition) is 4. The molecule has 2 saturated heterocycles. The first-order chi connectivity index (χ1) is 13.8. The zero-order valence-corrected chi connectivity index (χ0v) is 17.2. The molecule has 2 heterocycles. The molecule has 2 N–H and O–H groups in total. The van der Waals surface area contributed by atoms with Crippen molar-refractivity contribution in [2.45, 2.75) is 57.5 Å². The van der Waals surface area contributed by atoms with Gasteiger partial charge in [0.15, 0.2) is 0 Å². The van der Waals surface area contributed by atoms with Gasteiger partial charge < -0.3 is 15.3 Å². The van der Waals surface area contributed by atoms with E-state index in [1.165, 1.54) is 11.1 Å². The lowest BCUT2D eigenvalue weighted by Crippen LogP contribution is -2.49. The van der Waals surface area contributed by atoms with E-state index in [1.807, 2.05) is 4.90 Å². The Kier molecular flexibility index (Phi) is 6.90. The highest BCUT2D eigenvalue weighted by Crippen LogP contribution is 2.30. The fourth-order valence-corrected chi connectivity index (χ4v) is 4.35. The van der Waals surface area contributed by atoms with Gasteiger partial charge in [-0.1, -0.05) is 29.8 Å². The third-order valence-corrected chi connectivity index (χ3v) is 6.08. The van der Waals surface area contributed by atoms with Crippen LogP contribution < -0.4 is 5.32 Å². The summed E-state index contributed by atoms with van der Waals surface area (Å²) >= 11 is 0. The molecule has 0 bridgehead atoms. The largest absolute Gasteiger partial charge is 0.481 e. The lowest BCUT2D eigenvalue weighted by molar-refractivity contribution is -0.137. The van der Waals surface area contributed by atoms with E-state index < -0.39 is 11.5 Å². The molecular weight excluding hydrogens is 370 g/mol. The fraction of sp³-hybridized carbons (Fsp3) is 0.591. The van der Waals surface area contributed by atoms with Gasteiger partial charge in [-0.3, -0.25) is 19.3 Å². The molecule has 0 unspecified atom stereocenters. The third-order valence-electron chi connectivity index (χ3n) is 6.08. The molecule has 0 spiro atoms. The number of carbonyl (C=O) groups excluding carboxylic acids is 2. The minimum Gasteiger partial charge on any atom is -0.481 e. The van der Waals surface area contributed by atoms with Gasteiger partial charge >= 0.3 is 5.97 Å². The Morgan fingerprint density at radius 3 is 2.48 bits per heavy atom. The van der Waals surface area contributed by atoms with E-state index in [2.05, 4.69) is 41.4 Å². The predicted molar refractivity (Wildman–Crippen MR) is 109 cm³/mol. The van der Waals surface area contributed by atoms with Crippen molar-refractivity contribution in [1.82, 2.24) is 15.1 Å². The minimum atomic E-state index is -0.874. The number of carboxylic acid groups (broad SMARTS) is 1. The van der Waals surface area contributed by atoms with Crippen LogP contribution in [0, 0.1) is 6.92 Å². The van der Waals surface area contributed by atoms with Crippen molar-refractivity contribution in [3.05, 3.63) is 35.4 Å². The summed E-state index contributed by atoms with van der Waals surface area (Å²) in [5, 5.41) is 11.9. The van der Waals surface area contributed by atoms with Gasteiger partial charge in [-0.05, 0) is 31.7 Å². The van der Waals surface area contributed by atoms with Crippen molar-refractivity contribution in [1.29, 1.82) is 0 Å². The first-order valence-corrected chi connectivity index (χ1v) is 10.4. The Balaban J connectivity index is 1.46. The summed E-state index contributed by atoms with van der Waals surface area (Å²) in [5.41, 5.74) is 2.01. The van der Waals surface area contributed by atoms with E-state index in [0.717, 1.165) is 19.6 Å². The van der Waals surface area contributed by atoms with Gasteiger partial charge in [0.05, 0.1) is 0 Å². The number of aliphatic carboxylic acids is 1. The maximum absolute atomic E-state index is 12.7. The molecule has 2 fully saturated rings. The second-order valence-electron chi connectivity index (χ2n) is 8.37. The van der Waals surface area contributed by atoms with Gasteiger partial charge in [0.25, 0.3) is 0 Å². The van der Waals surface area contributed by atoms with Crippen LogP contribution in [0.2, 0.25) is 0 Å². The first kappa shape index (κ1) is 21.3. The highest BCUT2D eigenvalue weighted by Gasteiger charge is 2.38. The van der Waals surface area contributed by atoms with Crippen LogP contribution in [0.25, 0.3) is 0 Å². The van der Waals surface area contributed by atoms with Crippen molar-refractivity contribution in [2.75, 3.05) is 26.2 Å². The number of carbonyl (C=O) groups is 3.